The van der Waals surface area contributed by atoms with Gasteiger partial charge in [-0.25, -0.2) is 13.2 Å². The summed E-state index contributed by atoms with van der Waals surface area (Å²) in [7, 11) is -2.10. The quantitative estimate of drug-likeness (QED) is 0.488. The number of thiophene rings is 1. The minimum absolute atomic E-state index is 0.215. The summed E-state index contributed by atoms with van der Waals surface area (Å²) in [5.41, 5.74) is 2.90. The maximum atomic E-state index is 13.9. The highest BCUT2D eigenvalue weighted by Gasteiger charge is 2.46. The molecule has 0 unspecified atom stereocenters. The molecule has 0 radical (unpaired) electrons. The molecule has 2 aromatic carbocycles. The van der Waals surface area contributed by atoms with E-state index in [4.69, 9.17) is 4.74 Å². The lowest BCUT2D eigenvalue weighted by molar-refractivity contribution is 0.0702. The van der Waals surface area contributed by atoms with Gasteiger partial charge in [-0.3, -0.25) is 0 Å². The van der Waals surface area contributed by atoms with Crippen LogP contribution in [-0.2, 0) is 16.6 Å². The van der Waals surface area contributed by atoms with E-state index < -0.39 is 16.0 Å². The zero-order chi connectivity index (χ0) is 24.3. The molecule has 1 N–H and O–H groups in total. The number of nitrogens with zero attached hydrogens (tertiary/aromatic N) is 2. The molecule has 0 amide bonds. The Bertz CT molecular complexity index is 1410. The largest absolute Gasteiger partial charge is 0.487 e. The van der Waals surface area contributed by atoms with Gasteiger partial charge in [0.1, 0.15) is 28.3 Å². The van der Waals surface area contributed by atoms with Crippen LogP contribution in [0.3, 0.4) is 0 Å². The Kier molecular flexibility index (Phi) is 5.39. The first-order valence-corrected chi connectivity index (χ1v) is 14.1. The Morgan fingerprint density at radius 2 is 1.80 bits per heavy atom. The third kappa shape index (κ3) is 3.56. The van der Waals surface area contributed by atoms with Crippen LogP contribution in [0.15, 0.2) is 53.4 Å². The summed E-state index contributed by atoms with van der Waals surface area (Å²) in [6.07, 6.45) is 5.04. The van der Waals surface area contributed by atoms with Crippen molar-refractivity contribution in [3.05, 3.63) is 58.3 Å². The van der Waals surface area contributed by atoms with Crippen LogP contribution in [0.25, 0.3) is 11.1 Å². The molecule has 3 aromatic rings. The third-order valence-corrected chi connectivity index (χ3v) is 10.3. The molecular formula is C26H26N2O5S2. The van der Waals surface area contributed by atoms with Gasteiger partial charge in [0.05, 0.1) is 10.6 Å². The number of ether oxygens (including phenoxy) is 1. The molecule has 0 spiro atoms. The van der Waals surface area contributed by atoms with Crippen LogP contribution in [0, 0.1) is 5.92 Å². The van der Waals surface area contributed by atoms with Crippen molar-refractivity contribution in [1.82, 2.24) is 4.31 Å². The maximum Gasteiger partial charge on any atom is 0.345 e. The number of carboxylic acids is 1. The van der Waals surface area contributed by atoms with E-state index in [0.717, 1.165) is 41.8 Å². The summed E-state index contributed by atoms with van der Waals surface area (Å²) < 4.78 is 35.4. The van der Waals surface area contributed by atoms with Crippen LogP contribution < -0.4 is 9.64 Å². The molecule has 0 bridgehead atoms. The molecule has 6 rings (SSSR count). The number of para-hydroxylation sites is 1. The van der Waals surface area contributed by atoms with E-state index >= 15 is 0 Å². The normalized spacial score (nSPS) is 21.5. The van der Waals surface area contributed by atoms with Crippen LogP contribution in [-0.4, -0.2) is 37.0 Å². The van der Waals surface area contributed by atoms with Crippen molar-refractivity contribution in [2.24, 2.45) is 5.92 Å². The fourth-order valence-corrected chi connectivity index (χ4v) is 8.19. The van der Waals surface area contributed by atoms with Crippen molar-refractivity contribution in [2.45, 2.75) is 49.8 Å². The highest BCUT2D eigenvalue weighted by atomic mass is 32.2. The zero-order valence-electron chi connectivity index (χ0n) is 19.3. The molecule has 182 valence electrons. The van der Waals surface area contributed by atoms with Gasteiger partial charge < -0.3 is 14.7 Å². The minimum atomic E-state index is -3.78. The van der Waals surface area contributed by atoms with Crippen LogP contribution >= 0.6 is 11.3 Å². The van der Waals surface area contributed by atoms with Gasteiger partial charge in [0.15, 0.2) is 0 Å². The number of hydrogen-bond donors (Lipinski definition) is 1. The molecule has 35 heavy (non-hydrogen) atoms. The van der Waals surface area contributed by atoms with Gasteiger partial charge in [-0.05, 0) is 43.0 Å². The van der Waals surface area contributed by atoms with Gasteiger partial charge in [-0.15, -0.1) is 11.3 Å². The average Bonchev–Trinajstić information content (AvgIpc) is 3.32. The van der Waals surface area contributed by atoms with Gasteiger partial charge in [0.2, 0.25) is 10.0 Å². The SMILES string of the molecule is CN1[C@H](C2CCCCC2)N(c2ccccc2)c2cc3c(cc2S1(=O)=O)-c1cc(C(=O)O)sc1CO3. The topological polar surface area (TPSA) is 87.2 Å². The smallest absolute Gasteiger partial charge is 0.345 e. The van der Waals surface area contributed by atoms with Crippen molar-refractivity contribution in [3.8, 4) is 16.9 Å². The molecule has 0 saturated heterocycles. The number of fused-ring (bicyclic) bond motifs is 4. The minimum Gasteiger partial charge on any atom is -0.487 e. The number of anilines is 2. The molecule has 3 aliphatic rings. The predicted octanol–water partition coefficient (Wildman–Crippen LogP) is 5.68. The molecule has 7 nitrogen and oxygen atoms in total. The average molecular weight is 511 g/mol. The standard InChI is InChI=1S/C26H26N2O5S2/c1-27-25(16-8-4-2-5-9-16)28(17-10-6-3-7-11-17)20-14-21-18(13-24(20)35(27,31)32)19-12-22(26(29)30)34-23(19)15-33-21/h3,6-7,10-14,16,25H,2,4-5,8-9,15H2,1H3,(H,29,30)/t25-/m0/s1. The van der Waals surface area contributed by atoms with Crippen LogP contribution in [0.4, 0.5) is 11.4 Å². The van der Waals surface area contributed by atoms with Crippen LogP contribution in [0.5, 0.6) is 5.75 Å². The van der Waals surface area contributed by atoms with Gasteiger partial charge >= 0.3 is 5.97 Å². The van der Waals surface area contributed by atoms with Crippen molar-refractivity contribution in [3.63, 3.8) is 0 Å². The van der Waals surface area contributed by atoms with E-state index in [1.54, 1.807) is 19.2 Å². The summed E-state index contributed by atoms with van der Waals surface area (Å²) in [5.74, 6) is -0.202. The summed E-state index contributed by atoms with van der Waals surface area (Å²) in [6, 6.07) is 15.0. The lowest BCUT2D eigenvalue weighted by atomic mass is 9.86. The molecule has 3 heterocycles. The zero-order valence-corrected chi connectivity index (χ0v) is 20.9. The predicted molar refractivity (Wildman–Crippen MR) is 135 cm³/mol. The van der Waals surface area contributed by atoms with Crippen molar-refractivity contribution >= 4 is 38.7 Å². The summed E-state index contributed by atoms with van der Waals surface area (Å²) in [5, 5.41) is 9.47. The number of hydrogen-bond acceptors (Lipinski definition) is 6. The second-order valence-electron chi connectivity index (χ2n) is 9.40. The molecule has 1 atom stereocenters. The highest BCUT2D eigenvalue weighted by molar-refractivity contribution is 7.89. The molecular weight excluding hydrogens is 484 g/mol. The Labute approximate surface area is 208 Å². The van der Waals surface area contributed by atoms with Crippen molar-refractivity contribution in [2.75, 3.05) is 11.9 Å². The molecule has 1 fully saturated rings. The van der Waals surface area contributed by atoms with Gasteiger partial charge in [0, 0.05) is 29.9 Å². The maximum absolute atomic E-state index is 13.9. The van der Waals surface area contributed by atoms with Gasteiger partial charge in [0.25, 0.3) is 0 Å². The fraction of sp³-hybridized carbons (Fsp3) is 0.346. The van der Waals surface area contributed by atoms with Crippen molar-refractivity contribution < 1.29 is 23.1 Å². The third-order valence-electron chi connectivity index (χ3n) is 7.39. The molecule has 1 saturated carbocycles. The first kappa shape index (κ1) is 22.6. The Balaban J connectivity index is 1.57. The Hall–Kier alpha value is -2.88. The van der Waals surface area contributed by atoms with E-state index in [9.17, 15) is 18.3 Å². The van der Waals surface area contributed by atoms with Gasteiger partial charge in [-0.2, -0.15) is 4.31 Å². The second kappa shape index (κ2) is 8.36. The van der Waals surface area contributed by atoms with E-state index in [2.05, 4.69) is 4.90 Å². The number of benzene rings is 2. The molecule has 1 aromatic heterocycles. The monoisotopic (exact) mass is 510 g/mol. The Morgan fingerprint density at radius 1 is 1.06 bits per heavy atom. The van der Waals surface area contributed by atoms with Crippen LogP contribution in [0.1, 0.15) is 46.7 Å². The number of carbonyl (C=O) groups is 1. The van der Waals surface area contributed by atoms with E-state index in [1.807, 2.05) is 36.4 Å². The molecule has 2 aliphatic heterocycles. The fourth-order valence-electron chi connectivity index (χ4n) is 5.71. The molecule has 1 aliphatic carbocycles. The summed E-state index contributed by atoms with van der Waals surface area (Å²) in [6.45, 7) is 0.267. The summed E-state index contributed by atoms with van der Waals surface area (Å²) in [4.78, 5) is 14.9. The number of rotatable bonds is 3. The van der Waals surface area contributed by atoms with Gasteiger partial charge in [-0.1, -0.05) is 37.5 Å². The van der Waals surface area contributed by atoms with E-state index in [1.165, 1.54) is 22.1 Å². The second-order valence-corrected chi connectivity index (χ2v) is 12.5. The molecule has 9 heteroatoms. The lowest BCUT2D eigenvalue weighted by Crippen LogP contribution is -2.55. The first-order chi connectivity index (χ1) is 16.9. The van der Waals surface area contributed by atoms with Crippen LogP contribution in [0.2, 0.25) is 0 Å². The number of sulfonamides is 1. The number of carboxylic acid groups (broad SMARTS) is 1. The lowest BCUT2D eigenvalue weighted by Gasteiger charge is -2.48. The Morgan fingerprint density at radius 3 is 2.51 bits per heavy atom. The highest BCUT2D eigenvalue weighted by Crippen LogP contribution is 2.51. The van der Waals surface area contributed by atoms with E-state index in [0.29, 0.717) is 17.0 Å². The first-order valence-electron chi connectivity index (χ1n) is 11.9. The summed E-state index contributed by atoms with van der Waals surface area (Å²) >= 11 is 1.17. The van der Waals surface area contributed by atoms with E-state index in [-0.39, 0.29) is 28.5 Å². The van der Waals surface area contributed by atoms with Crippen molar-refractivity contribution in [1.29, 1.82) is 0 Å². The number of aromatic carboxylic acids is 1.